The van der Waals surface area contributed by atoms with Gasteiger partial charge in [0, 0.05) is 18.0 Å². The van der Waals surface area contributed by atoms with E-state index >= 15 is 0 Å². The Morgan fingerprint density at radius 3 is 2.89 bits per heavy atom. The second-order valence-electron chi connectivity index (χ2n) is 5.92. The van der Waals surface area contributed by atoms with Crippen LogP contribution in [0.5, 0.6) is 11.5 Å². The summed E-state index contributed by atoms with van der Waals surface area (Å²) in [4.78, 5) is 2.61. The second kappa shape index (κ2) is 5.04. The number of likely N-dealkylation sites (tertiary alicyclic amines) is 1. The van der Waals surface area contributed by atoms with Crippen LogP contribution in [0.25, 0.3) is 0 Å². The number of nitrogens with zero attached hydrogens (tertiary/aromatic N) is 1. The molecule has 0 saturated carbocycles. The maximum atomic E-state index is 10.0. The van der Waals surface area contributed by atoms with Crippen molar-refractivity contribution in [2.45, 2.75) is 51.0 Å². The van der Waals surface area contributed by atoms with Crippen molar-refractivity contribution in [2.24, 2.45) is 0 Å². The smallest absolute Gasteiger partial charge is 0.122 e. The number of hydrogen-bond donors (Lipinski definition) is 2. The Labute approximate surface area is 114 Å². The molecule has 0 amide bonds. The minimum atomic E-state index is 0.199. The Balaban J connectivity index is 1.96. The van der Waals surface area contributed by atoms with E-state index in [-0.39, 0.29) is 11.5 Å². The summed E-state index contributed by atoms with van der Waals surface area (Å²) < 4.78 is 0. The van der Waals surface area contributed by atoms with Crippen molar-refractivity contribution in [1.29, 1.82) is 0 Å². The van der Waals surface area contributed by atoms with Gasteiger partial charge in [-0.1, -0.05) is 6.92 Å². The number of piperidine rings is 1. The Hall–Kier alpha value is -1.22. The van der Waals surface area contributed by atoms with E-state index in [0.29, 0.717) is 12.0 Å². The number of rotatable bonds is 2. The molecule has 1 aliphatic carbocycles. The minimum absolute atomic E-state index is 0.199. The molecule has 2 N–H and O–H groups in total. The van der Waals surface area contributed by atoms with Crippen LogP contribution >= 0.6 is 0 Å². The first-order valence-corrected chi connectivity index (χ1v) is 7.49. The number of benzene rings is 1. The van der Waals surface area contributed by atoms with Gasteiger partial charge in [0.2, 0.25) is 0 Å². The van der Waals surface area contributed by atoms with Gasteiger partial charge in [0.25, 0.3) is 0 Å². The molecule has 3 rings (SSSR count). The second-order valence-corrected chi connectivity index (χ2v) is 5.92. The van der Waals surface area contributed by atoms with E-state index < -0.39 is 0 Å². The van der Waals surface area contributed by atoms with Gasteiger partial charge >= 0.3 is 0 Å². The molecule has 2 atom stereocenters. The van der Waals surface area contributed by atoms with Gasteiger partial charge in [0.05, 0.1) is 0 Å². The Morgan fingerprint density at radius 2 is 2.11 bits per heavy atom. The highest BCUT2D eigenvalue weighted by Crippen LogP contribution is 2.44. The number of phenols is 2. The van der Waals surface area contributed by atoms with Crippen molar-refractivity contribution in [3.8, 4) is 11.5 Å². The minimum Gasteiger partial charge on any atom is -0.508 e. The molecule has 1 aliphatic heterocycles. The predicted molar refractivity (Wildman–Crippen MR) is 75.7 cm³/mol. The van der Waals surface area contributed by atoms with Crippen LogP contribution in [0.2, 0.25) is 0 Å². The molecule has 0 bridgehead atoms. The van der Waals surface area contributed by atoms with Gasteiger partial charge in [-0.25, -0.2) is 0 Å². The molecule has 1 aromatic rings. The zero-order valence-corrected chi connectivity index (χ0v) is 11.6. The van der Waals surface area contributed by atoms with Gasteiger partial charge in [0.1, 0.15) is 11.5 Å². The number of hydrogen-bond acceptors (Lipinski definition) is 3. The van der Waals surface area contributed by atoms with E-state index in [1.807, 2.05) is 6.07 Å². The van der Waals surface area contributed by atoms with Crippen molar-refractivity contribution in [1.82, 2.24) is 4.90 Å². The summed E-state index contributed by atoms with van der Waals surface area (Å²) in [6.45, 7) is 4.61. The molecule has 0 radical (unpaired) electrons. The van der Waals surface area contributed by atoms with E-state index in [0.717, 1.165) is 18.4 Å². The Bertz CT molecular complexity index is 470. The fraction of sp³-hybridized carbons (Fsp3) is 0.625. The van der Waals surface area contributed by atoms with Crippen molar-refractivity contribution >= 4 is 0 Å². The van der Waals surface area contributed by atoms with Gasteiger partial charge in [0.15, 0.2) is 0 Å². The average molecular weight is 261 g/mol. The van der Waals surface area contributed by atoms with E-state index in [9.17, 15) is 10.2 Å². The molecule has 104 valence electrons. The molecule has 1 saturated heterocycles. The highest BCUT2D eigenvalue weighted by Gasteiger charge is 2.36. The van der Waals surface area contributed by atoms with Gasteiger partial charge in [-0.15, -0.1) is 0 Å². The summed E-state index contributed by atoms with van der Waals surface area (Å²) >= 11 is 0. The zero-order valence-electron chi connectivity index (χ0n) is 11.6. The molecule has 1 heterocycles. The lowest BCUT2D eigenvalue weighted by molar-refractivity contribution is 0.112. The molecule has 19 heavy (non-hydrogen) atoms. The molecular weight excluding hydrogens is 238 g/mol. The predicted octanol–water partition coefficient (Wildman–Crippen LogP) is 3.00. The molecule has 2 aliphatic rings. The normalized spacial score (nSPS) is 26.8. The van der Waals surface area contributed by atoms with E-state index in [2.05, 4.69) is 11.8 Å². The van der Waals surface area contributed by atoms with Crippen molar-refractivity contribution in [3.63, 3.8) is 0 Å². The van der Waals surface area contributed by atoms with E-state index in [1.165, 1.54) is 44.0 Å². The SMILES string of the molecule is CCCN1CCC[C@@H]2c3cc(O)cc(O)c3CC[C@@H]21. The number of phenolic OH excluding ortho intramolecular Hbond substituents is 2. The van der Waals surface area contributed by atoms with Crippen molar-refractivity contribution in [2.75, 3.05) is 13.1 Å². The fourth-order valence-electron chi connectivity index (χ4n) is 4.00. The molecule has 1 fully saturated rings. The Morgan fingerprint density at radius 1 is 1.26 bits per heavy atom. The summed E-state index contributed by atoms with van der Waals surface area (Å²) in [5.74, 6) is 0.965. The molecular formula is C16H23NO2. The standard InChI is InChI=1S/C16H23NO2/c1-2-7-17-8-3-4-12-14-9-11(18)10-16(19)13(14)5-6-15(12)17/h9-10,12,15,18-19H,2-8H2,1H3/t12-,15+/m1/s1. The third-order valence-electron chi connectivity index (χ3n) is 4.74. The first kappa shape index (κ1) is 12.8. The van der Waals surface area contributed by atoms with Crippen LogP contribution in [-0.2, 0) is 6.42 Å². The van der Waals surface area contributed by atoms with Crippen LogP contribution in [0, 0.1) is 0 Å². The number of aromatic hydroxyl groups is 2. The van der Waals surface area contributed by atoms with Crippen molar-refractivity contribution < 1.29 is 10.2 Å². The van der Waals surface area contributed by atoms with Crippen LogP contribution in [-0.4, -0.2) is 34.2 Å². The van der Waals surface area contributed by atoms with Gasteiger partial charge in [-0.05, 0) is 62.4 Å². The van der Waals surface area contributed by atoms with Gasteiger partial charge in [-0.3, -0.25) is 4.90 Å². The van der Waals surface area contributed by atoms with Crippen LogP contribution in [0.15, 0.2) is 12.1 Å². The van der Waals surface area contributed by atoms with Crippen LogP contribution in [0.1, 0.15) is 49.7 Å². The third-order valence-corrected chi connectivity index (χ3v) is 4.74. The Kier molecular flexibility index (Phi) is 3.40. The highest BCUT2D eigenvalue weighted by molar-refractivity contribution is 5.49. The highest BCUT2D eigenvalue weighted by atomic mass is 16.3. The lowest BCUT2D eigenvalue weighted by Gasteiger charge is -2.45. The molecule has 0 aromatic heterocycles. The summed E-state index contributed by atoms with van der Waals surface area (Å²) in [5, 5.41) is 19.8. The van der Waals surface area contributed by atoms with Crippen LogP contribution in [0.4, 0.5) is 0 Å². The maximum Gasteiger partial charge on any atom is 0.122 e. The molecule has 0 unspecified atom stereocenters. The van der Waals surface area contributed by atoms with Crippen LogP contribution < -0.4 is 0 Å². The summed E-state index contributed by atoms with van der Waals surface area (Å²) in [6.07, 6.45) is 5.66. The van der Waals surface area contributed by atoms with E-state index in [1.54, 1.807) is 0 Å². The average Bonchev–Trinajstić information content (AvgIpc) is 2.39. The number of fused-ring (bicyclic) bond motifs is 3. The lowest BCUT2D eigenvalue weighted by Crippen LogP contribution is -2.46. The molecule has 3 nitrogen and oxygen atoms in total. The molecule has 0 spiro atoms. The van der Waals surface area contributed by atoms with Crippen LogP contribution in [0.3, 0.4) is 0 Å². The maximum absolute atomic E-state index is 10.0. The van der Waals surface area contributed by atoms with Gasteiger partial charge < -0.3 is 10.2 Å². The topological polar surface area (TPSA) is 43.7 Å². The fourth-order valence-corrected chi connectivity index (χ4v) is 4.00. The first-order chi connectivity index (χ1) is 9.20. The summed E-state index contributed by atoms with van der Waals surface area (Å²) in [7, 11) is 0. The van der Waals surface area contributed by atoms with Gasteiger partial charge in [-0.2, -0.15) is 0 Å². The molecule has 1 aromatic carbocycles. The largest absolute Gasteiger partial charge is 0.508 e. The summed E-state index contributed by atoms with van der Waals surface area (Å²) in [5.41, 5.74) is 2.26. The van der Waals surface area contributed by atoms with Crippen molar-refractivity contribution in [3.05, 3.63) is 23.3 Å². The van der Waals surface area contributed by atoms with E-state index in [4.69, 9.17) is 0 Å². The zero-order chi connectivity index (χ0) is 13.4. The third kappa shape index (κ3) is 2.20. The lowest BCUT2D eigenvalue weighted by atomic mass is 9.74. The molecule has 3 heteroatoms. The first-order valence-electron chi connectivity index (χ1n) is 7.49. The quantitative estimate of drug-likeness (QED) is 0.860. The monoisotopic (exact) mass is 261 g/mol. The summed E-state index contributed by atoms with van der Waals surface area (Å²) in [6, 6.07) is 3.95.